The van der Waals surface area contributed by atoms with Gasteiger partial charge in [-0.2, -0.15) is 5.06 Å². The van der Waals surface area contributed by atoms with E-state index in [1.807, 2.05) is 0 Å². The molecule has 1 atom stereocenters. The number of aliphatic hydroxyl groups excluding tert-OH is 1. The number of aliphatic hydroxyl groups is 1. The molecule has 8 heteroatoms. The fourth-order valence-electron chi connectivity index (χ4n) is 1.22. The van der Waals surface area contributed by atoms with Crippen LogP contribution in [0.3, 0.4) is 0 Å². The zero-order valence-corrected chi connectivity index (χ0v) is 10.0. The van der Waals surface area contributed by atoms with Gasteiger partial charge in [0.2, 0.25) is 0 Å². The van der Waals surface area contributed by atoms with Gasteiger partial charge >= 0.3 is 11.9 Å². The number of amides is 1. The normalized spacial score (nSPS) is 11.5. The number of pyridine rings is 1. The maximum Gasteiger partial charge on any atom is 0.381 e. The zero-order chi connectivity index (χ0) is 14.4. The van der Waals surface area contributed by atoms with E-state index < -0.39 is 30.5 Å². The number of hydrogen-bond donors (Lipinski definition) is 2. The van der Waals surface area contributed by atoms with Crippen LogP contribution in [0, 0.1) is 0 Å². The monoisotopic (exact) mass is 268 g/mol. The van der Waals surface area contributed by atoms with E-state index >= 15 is 0 Å². The van der Waals surface area contributed by atoms with E-state index in [9.17, 15) is 14.4 Å². The molecule has 0 saturated carbocycles. The van der Waals surface area contributed by atoms with Gasteiger partial charge in [0, 0.05) is 13.1 Å². The number of carbonyl (C=O) groups is 3. The summed E-state index contributed by atoms with van der Waals surface area (Å²) >= 11 is 0. The number of nitrogens with zero attached hydrogens (tertiary/aromatic N) is 2. The van der Waals surface area contributed by atoms with Gasteiger partial charge in [0.15, 0.2) is 11.7 Å². The highest BCUT2D eigenvalue weighted by Gasteiger charge is 2.31. The van der Waals surface area contributed by atoms with Crippen LogP contribution in [0.5, 0.6) is 0 Å². The molecule has 0 bridgehead atoms. The van der Waals surface area contributed by atoms with Gasteiger partial charge in [-0.25, -0.2) is 14.6 Å². The fraction of sp³-hybridized carbons (Fsp3) is 0.273. The predicted octanol–water partition coefficient (Wildman–Crippen LogP) is -0.553. The van der Waals surface area contributed by atoms with Crippen LogP contribution in [0.15, 0.2) is 24.4 Å². The van der Waals surface area contributed by atoms with Gasteiger partial charge in [0.1, 0.15) is 0 Å². The number of hydroxylamine groups is 2. The molecule has 0 aromatic carbocycles. The van der Waals surface area contributed by atoms with E-state index in [2.05, 4.69) is 9.82 Å². The number of aliphatic carboxylic acids is 1. The average molecular weight is 268 g/mol. The predicted molar refractivity (Wildman–Crippen MR) is 60.7 cm³/mol. The standard InChI is InChI=1S/C11H12N2O6/c1-7(15)13(9(6-14)10(16)17)19-11(18)8-4-2-3-5-12-8/h2-5,9,14H,6H2,1H3,(H,16,17)/t9-/m0/s1. The van der Waals surface area contributed by atoms with E-state index in [0.717, 1.165) is 6.92 Å². The Kier molecular flexibility index (Phi) is 4.95. The van der Waals surface area contributed by atoms with Gasteiger partial charge in [-0.05, 0) is 12.1 Å². The molecular weight excluding hydrogens is 256 g/mol. The van der Waals surface area contributed by atoms with Crippen molar-refractivity contribution >= 4 is 17.8 Å². The molecule has 0 radical (unpaired) electrons. The lowest BCUT2D eigenvalue weighted by molar-refractivity contribution is -0.188. The summed E-state index contributed by atoms with van der Waals surface area (Å²) in [7, 11) is 0. The Hall–Kier alpha value is -2.48. The Bertz CT molecular complexity index is 475. The summed E-state index contributed by atoms with van der Waals surface area (Å²) in [5.74, 6) is -3.31. The Morgan fingerprint density at radius 2 is 2.11 bits per heavy atom. The molecule has 0 aliphatic heterocycles. The van der Waals surface area contributed by atoms with Crippen molar-refractivity contribution in [2.24, 2.45) is 0 Å². The van der Waals surface area contributed by atoms with Gasteiger partial charge in [0.05, 0.1) is 6.61 Å². The highest BCUT2D eigenvalue weighted by atomic mass is 16.7. The number of carboxylic acid groups (broad SMARTS) is 1. The number of aromatic nitrogens is 1. The molecule has 2 N–H and O–H groups in total. The van der Waals surface area contributed by atoms with Crippen LogP contribution in [-0.4, -0.2) is 50.8 Å². The summed E-state index contributed by atoms with van der Waals surface area (Å²) in [6.07, 6.45) is 1.34. The van der Waals surface area contributed by atoms with Crippen LogP contribution < -0.4 is 0 Å². The maximum absolute atomic E-state index is 11.6. The van der Waals surface area contributed by atoms with Gasteiger partial charge in [-0.1, -0.05) is 6.07 Å². The van der Waals surface area contributed by atoms with Crippen molar-refractivity contribution in [3.8, 4) is 0 Å². The van der Waals surface area contributed by atoms with Crippen molar-refractivity contribution in [3.05, 3.63) is 30.1 Å². The topological polar surface area (TPSA) is 117 Å². The molecular formula is C11H12N2O6. The van der Waals surface area contributed by atoms with E-state index in [0.29, 0.717) is 5.06 Å². The second kappa shape index (κ2) is 6.45. The van der Waals surface area contributed by atoms with Crippen molar-refractivity contribution in [3.63, 3.8) is 0 Å². The summed E-state index contributed by atoms with van der Waals surface area (Å²) in [6.45, 7) is 0.127. The third-order valence-electron chi connectivity index (χ3n) is 2.11. The molecule has 19 heavy (non-hydrogen) atoms. The molecule has 0 saturated heterocycles. The first-order valence-corrected chi connectivity index (χ1v) is 5.24. The second-order valence-corrected chi connectivity index (χ2v) is 3.48. The van der Waals surface area contributed by atoms with Crippen LogP contribution in [0.4, 0.5) is 0 Å². The molecule has 0 aliphatic rings. The zero-order valence-electron chi connectivity index (χ0n) is 10.0. The highest BCUT2D eigenvalue weighted by Crippen LogP contribution is 2.06. The summed E-state index contributed by atoms with van der Waals surface area (Å²) in [5.41, 5.74) is -0.0872. The number of hydrogen-bond acceptors (Lipinski definition) is 6. The molecule has 0 spiro atoms. The number of carbonyl (C=O) groups excluding carboxylic acids is 2. The minimum atomic E-state index is -1.66. The minimum Gasteiger partial charge on any atom is -0.480 e. The molecule has 1 amide bonds. The summed E-state index contributed by atoms with van der Waals surface area (Å²) in [4.78, 5) is 42.1. The van der Waals surface area contributed by atoms with E-state index in [4.69, 9.17) is 10.2 Å². The van der Waals surface area contributed by atoms with Gasteiger partial charge in [0.25, 0.3) is 5.91 Å². The quantitative estimate of drug-likeness (QED) is 0.703. The van der Waals surface area contributed by atoms with E-state index in [1.165, 1.54) is 18.3 Å². The minimum absolute atomic E-state index is 0.0872. The molecule has 0 unspecified atom stereocenters. The van der Waals surface area contributed by atoms with Crippen LogP contribution >= 0.6 is 0 Å². The molecule has 1 aromatic rings. The molecule has 102 valence electrons. The van der Waals surface area contributed by atoms with E-state index in [1.54, 1.807) is 6.07 Å². The van der Waals surface area contributed by atoms with E-state index in [-0.39, 0.29) is 5.69 Å². The van der Waals surface area contributed by atoms with Crippen molar-refractivity contribution in [2.45, 2.75) is 13.0 Å². The Morgan fingerprint density at radius 3 is 2.53 bits per heavy atom. The van der Waals surface area contributed by atoms with Crippen LogP contribution in [0.25, 0.3) is 0 Å². The van der Waals surface area contributed by atoms with Crippen LogP contribution in [0.2, 0.25) is 0 Å². The van der Waals surface area contributed by atoms with Gasteiger partial charge < -0.3 is 15.1 Å². The Balaban J connectivity index is 2.88. The molecule has 8 nitrogen and oxygen atoms in total. The smallest absolute Gasteiger partial charge is 0.381 e. The summed E-state index contributed by atoms with van der Waals surface area (Å²) in [6, 6.07) is 2.79. The number of carboxylic acids is 1. The maximum atomic E-state index is 11.6. The average Bonchev–Trinajstić information content (AvgIpc) is 2.38. The van der Waals surface area contributed by atoms with Crippen molar-refractivity contribution < 1.29 is 29.4 Å². The Morgan fingerprint density at radius 1 is 1.42 bits per heavy atom. The van der Waals surface area contributed by atoms with Gasteiger partial charge in [-0.3, -0.25) is 4.79 Å². The first kappa shape index (κ1) is 14.6. The van der Waals surface area contributed by atoms with Crippen molar-refractivity contribution in [2.75, 3.05) is 6.61 Å². The lowest BCUT2D eigenvalue weighted by Gasteiger charge is -2.24. The molecule has 1 heterocycles. The molecule has 1 rings (SSSR count). The van der Waals surface area contributed by atoms with Crippen molar-refractivity contribution in [1.82, 2.24) is 10.0 Å². The first-order valence-electron chi connectivity index (χ1n) is 5.24. The third kappa shape index (κ3) is 3.75. The molecule has 0 aliphatic carbocycles. The molecule has 1 aromatic heterocycles. The summed E-state index contributed by atoms with van der Waals surface area (Å²) < 4.78 is 0. The lowest BCUT2D eigenvalue weighted by Crippen LogP contribution is -2.47. The van der Waals surface area contributed by atoms with Crippen LogP contribution in [-0.2, 0) is 14.4 Å². The SMILES string of the molecule is CC(=O)N(OC(=O)c1ccccn1)[C@@H](CO)C(=O)O. The highest BCUT2D eigenvalue weighted by molar-refractivity contribution is 5.89. The molecule has 0 fully saturated rings. The van der Waals surface area contributed by atoms with Crippen LogP contribution in [0.1, 0.15) is 17.4 Å². The third-order valence-corrected chi connectivity index (χ3v) is 2.11. The summed E-state index contributed by atoms with van der Waals surface area (Å²) in [5, 5.41) is 18.0. The largest absolute Gasteiger partial charge is 0.480 e. The lowest BCUT2D eigenvalue weighted by atomic mass is 10.3. The van der Waals surface area contributed by atoms with Crippen molar-refractivity contribution in [1.29, 1.82) is 0 Å². The first-order chi connectivity index (χ1) is 8.97. The number of rotatable bonds is 4. The van der Waals surface area contributed by atoms with Gasteiger partial charge in [-0.15, -0.1) is 0 Å². The fourth-order valence-corrected chi connectivity index (χ4v) is 1.22. The Labute approximate surface area is 108 Å². The second-order valence-electron chi connectivity index (χ2n) is 3.48.